The highest BCUT2D eigenvalue weighted by molar-refractivity contribution is 5.86. The molecule has 28 fully saturated rings. The van der Waals surface area contributed by atoms with Gasteiger partial charge in [0.15, 0.2) is 0 Å². The molecule has 29 heteroatoms. The Labute approximate surface area is 768 Å². The van der Waals surface area contributed by atoms with Crippen molar-refractivity contribution < 1.29 is 134 Å². The molecule has 28 bridgehead atoms. The Hall–Kier alpha value is -2.16. The second kappa shape index (κ2) is 38.9. The smallest absolute Gasteiger partial charge is 0.268 e. The molecule has 19 unspecified atom stereocenters. The number of halogens is 14. The molecule has 28 aliphatic carbocycles. The Bertz CT molecular complexity index is 3630. The van der Waals surface area contributed by atoms with Gasteiger partial charge in [-0.3, -0.25) is 9.59 Å². The van der Waals surface area contributed by atoms with Gasteiger partial charge in [0.05, 0.1) is 79.9 Å². The van der Waals surface area contributed by atoms with Gasteiger partial charge < -0.3 is 63.4 Å². The first-order valence-corrected chi connectivity index (χ1v) is 50.8. The number of Topliss-reactive ketones (excluding diaryl/α,β-unsaturated/α-hetero) is 2. The average Bonchev–Trinajstić information content (AvgIpc) is 0.722. The monoisotopic (exact) mass is 1890 g/mol. The maximum atomic E-state index is 12.8. The summed E-state index contributed by atoms with van der Waals surface area (Å²) < 4.78 is 221. The van der Waals surface area contributed by atoms with Gasteiger partial charge in [-0.15, -0.1) is 0 Å². The minimum Gasteiger partial charge on any atom is -0.390 e. The van der Waals surface area contributed by atoms with Gasteiger partial charge in [0, 0.05) is 85.7 Å². The number of carbonyl (C=O) groups excluding carboxylic acids is 2. The standard InChI is InChI=1S/C16H26F2O2.C15H24F2O3.C15H24F2O2.C14H20F2O2.2C14H22F2O2.C14H20F2O2/c1-3-16(19)12-4-10-5-13(16)7-11(6-12)14(10)8-20-9-15(2,17)18;1-13(16,17)9-20-7-12-10-3-14(18)4-11(12)6-15(5-10,8-14)19-2;1-14(16,17)8-19-7-12-10-3-9-4-11(6-10)15(2,18)13(12)5-9;1-13(15,16)7-18-8-14-4-9-2-10(5-14)12(17)11(3-9)6-14;2*1-13(15,16)8-18-7-12-10-2-9-3-11(12)6-14(17,4-9)5-10;1-14(15,16)7-18-6-12-9-2-8-3-10(5-9)13(17)11(12)4-8/h10-14,19H,3-9H2,1-2H3;10-12,18H,3-9H2,1-2H3;9-13,18H,3-8H2,1-2H3;9-11H,2-8H2,1H3;2*9-12,17H,2-8H2,1H3;8-12H,2-7H2,1H3. The summed E-state index contributed by atoms with van der Waals surface area (Å²) in [6.45, 7) is 9.69. The SMILES string of the molecule is CC(F)(F)COCC12CC3CC(C1)C(=O)C(C3)C2.CC(F)(F)COCC1C2CC3CC(C2)C(=O)C1C3.CC(F)(F)COCC1C2CC3CC(C2)C(C)(O)C1C3.CC(F)(F)COCC1C2CC3CC1CC(O)(C3)C2.CC(F)(F)COCC1C2CC3CC1CC(O)(C3)C2.CCC1(O)C2CC3CC1CC(C2)C3COCC(C)(F)F.COC12CC3CC(O)(CC(C1)C3COCC(C)(F)F)C2. The van der Waals surface area contributed by atoms with Gasteiger partial charge in [0.2, 0.25) is 0 Å². The van der Waals surface area contributed by atoms with Crippen LogP contribution in [-0.2, 0) is 47.5 Å². The molecule has 0 spiro atoms. The number of rotatable bonds is 30. The zero-order valence-corrected chi connectivity index (χ0v) is 79.6. The van der Waals surface area contributed by atoms with Crippen LogP contribution in [0.1, 0.15) is 274 Å². The Balaban J connectivity index is 0.000000117. The molecule has 0 radical (unpaired) electrons. The van der Waals surface area contributed by atoms with Gasteiger partial charge in [-0.05, 0) is 366 Å². The number of hydrogen-bond acceptors (Lipinski definition) is 15. The van der Waals surface area contributed by atoms with Gasteiger partial charge >= 0.3 is 0 Å². The molecule has 131 heavy (non-hydrogen) atoms. The number of methoxy groups -OCH3 is 1. The molecule has 0 aromatic carbocycles. The molecular formula is C102H158F14O15. The molecule has 28 rings (SSSR count). The molecule has 5 N–H and O–H groups in total. The third-order valence-electron chi connectivity index (χ3n) is 37.6. The molecule has 19 atom stereocenters. The zero-order valence-electron chi connectivity index (χ0n) is 79.6. The molecule has 28 aliphatic rings. The lowest BCUT2D eigenvalue weighted by atomic mass is 9.46. The lowest BCUT2D eigenvalue weighted by Gasteiger charge is -2.62. The van der Waals surface area contributed by atoms with Gasteiger partial charge in [-0.1, -0.05) is 6.92 Å². The van der Waals surface area contributed by atoms with E-state index in [4.69, 9.17) is 37.9 Å². The highest BCUT2D eigenvalue weighted by atomic mass is 19.3. The fourth-order valence-corrected chi connectivity index (χ4v) is 33.7. The van der Waals surface area contributed by atoms with Crippen LogP contribution in [0.4, 0.5) is 61.5 Å². The summed E-state index contributed by atoms with van der Waals surface area (Å²) in [7, 11) is 1.72. The van der Waals surface area contributed by atoms with Crippen LogP contribution in [0.3, 0.4) is 0 Å². The van der Waals surface area contributed by atoms with E-state index in [2.05, 4.69) is 6.92 Å². The molecule has 0 aliphatic heterocycles. The highest BCUT2D eigenvalue weighted by Gasteiger charge is 2.65. The lowest BCUT2D eigenvalue weighted by molar-refractivity contribution is -0.237. The molecule has 0 aromatic heterocycles. The minimum atomic E-state index is -2.77. The summed E-state index contributed by atoms with van der Waals surface area (Å²) >= 11 is 0. The summed E-state index contributed by atoms with van der Waals surface area (Å²) in [5.74, 6) is -5.80. The maximum absolute atomic E-state index is 12.8. The topological polar surface area (TPSA) is 209 Å². The van der Waals surface area contributed by atoms with Gasteiger partial charge in [0.25, 0.3) is 41.5 Å². The third-order valence-corrected chi connectivity index (χ3v) is 37.6. The normalized spacial score (nSPS) is 45.9. The molecule has 0 heterocycles. The first-order valence-electron chi connectivity index (χ1n) is 50.8. The van der Waals surface area contributed by atoms with Gasteiger partial charge in [-0.25, -0.2) is 61.5 Å². The molecule has 28 saturated carbocycles. The van der Waals surface area contributed by atoms with Crippen molar-refractivity contribution in [3.8, 4) is 0 Å². The summed E-state index contributed by atoms with van der Waals surface area (Å²) in [6, 6.07) is 0. The van der Waals surface area contributed by atoms with Crippen molar-refractivity contribution in [1.29, 1.82) is 0 Å². The van der Waals surface area contributed by atoms with E-state index in [0.29, 0.717) is 182 Å². The fourth-order valence-electron chi connectivity index (χ4n) is 33.7. The summed E-state index contributed by atoms with van der Waals surface area (Å²) in [6.07, 6.45) is 32.8. The minimum absolute atomic E-state index is 0.0235. The number of carbonyl (C=O) groups is 2. The Morgan fingerprint density at radius 3 is 1.04 bits per heavy atom. The fraction of sp³-hybridized carbons (Fsp3) is 0.980. The van der Waals surface area contributed by atoms with Crippen LogP contribution in [0.15, 0.2) is 0 Å². The highest BCUT2D eigenvalue weighted by Crippen LogP contribution is 2.67. The van der Waals surface area contributed by atoms with Crippen LogP contribution in [-0.4, -0.2) is 212 Å². The largest absolute Gasteiger partial charge is 0.390 e. The second-order valence-corrected chi connectivity index (χ2v) is 49.4. The van der Waals surface area contributed by atoms with Crippen molar-refractivity contribution in [3.63, 3.8) is 0 Å². The number of hydrogen-bond donors (Lipinski definition) is 5. The van der Waals surface area contributed by atoms with Gasteiger partial charge in [-0.2, -0.15) is 0 Å². The van der Waals surface area contributed by atoms with Crippen molar-refractivity contribution in [1.82, 2.24) is 0 Å². The van der Waals surface area contributed by atoms with Crippen LogP contribution < -0.4 is 0 Å². The number of ether oxygens (including phenoxy) is 8. The van der Waals surface area contributed by atoms with Crippen molar-refractivity contribution in [2.45, 2.75) is 349 Å². The van der Waals surface area contributed by atoms with Crippen molar-refractivity contribution in [2.24, 2.45) is 177 Å². The summed E-state index contributed by atoms with van der Waals surface area (Å²) in [5, 5.41) is 53.0. The first-order chi connectivity index (χ1) is 60.8. The third kappa shape index (κ3) is 25.0. The maximum Gasteiger partial charge on any atom is 0.268 e. The Morgan fingerprint density at radius 2 is 0.641 bits per heavy atom. The van der Waals surface area contributed by atoms with Crippen LogP contribution in [0, 0.1) is 177 Å². The number of alkyl halides is 14. The van der Waals surface area contributed by atoms with Crippen molar-refractivity contribution in [2.75, 3.05) is 99.6 Å². The van der Waals surface area contributed by atoms with E-state index in [9.17, 15) is 96.6 Å². The molecular weight excluding hydrogens is 1730 g/mol. The Kier molecular flexibility index (Phi) is 30.7. The van der Waals surface area contributed by atoms with Crippen LogP contribution >= 0.6 is 0 Å². The van der Waals surface area contributed by atoms with Crippen LogP contribution in [0.2, 0.25) is 0 Å². The molecule has 0 aromatic rings. The summed E-state index contributed by atoms with van der Waals surface area (Å²) in [5.41, 5.74) is -2.72. The van der Waals surface area contributed by atoms with E-state index in [-0.39, 0.29) is 52.4 Å². The number of aliphatic hydroxyl groups is 5. The lowest BCUT2D eigenvalue weighted by Crippen LogP contribution is -2.63. The van der Waals surface area contributed by atoms with E-state index in [1.165, 1.54) is 12.8 Å². The molecule has 0 saturated heterocycles. The predicted octanol–water partition coefficient (Wildman–Crippen LogP) is 20.8. The van der Waals surface area contributed by atoms with E-state index in [1.807, 2.05) is 6.92 Å². The van der Waals surface area contributed by atoms with Gasteiger partial charge in [0.1, 0.15) is 57.8 Å². The van der Waals surface area contributed by atoms with E-state index in [0.717, 1.165) is 253 Å². The average molecular weight is 1890 g/mol. The molecule has 0 amide bonds. The van der Waals surface area contributed by atoms with Crippen molar-refractivity contribution in [3.05, 3.63) is 0 Å². The van der Waals surface area contributed by atoms with Crippen LogP contribution in [0.5, 0.6) is 0 Å². The zero-order chi connectivity index (χ0) is 94.8. The van der Waals surface area contributed by atoms with Crippen LogP contribution in [0.25, 0.3) is 0 Å². The van der Waals surface area contributed by atoms with E-state index < -0.39 is 116 Å². The second-order valence-electron chi connectivity index (χ2n) is 49.4. The Morgan fingerprint density at radius 1 is 0.313 bits per heavy atom. The quantitative estimate of drug-likeness (QED) is 0.0424. The van der Waals surface area contributed by atoms with E-state index in [1.54, 1.807) is 7.11 Å². The predicted molar refractivity (Wildman–Crippen MR) is 462 cm³/mol. The number of ketones is 2. The summed E-state index contributed by atoms with van der Waals surface area (Å²) in [4.78, 5) is 24.1. The van der Waals surface area contributed by atoms with E-state index >= 15 is 0 Å². The van der Waals surface area contributed by atoms with Crippen molar-refractivity contribution >= 4 is 11.6 Å². The molecule has 15 nitrogen and oxygen atoms in total. The first kappa shape index (κ1) is 103. The molecule has 754 valence electrons.